The average Bonchev–Trinajstić information content (AvgIpc) is 3.13. The second-order valence-electron chi connectivity index (χ2n) is 5.05. The van der Waals surface area contributed by atoms with E-state index in [2.05, 4.69) is 14.9 Å². The number of H-pyrrole nitrogens is 1. The first-order valence-electron chi connectivity index (χ1n) is 6.93. The molecule has 1 heterocycles. The van der Waals surface area contributed by atoms with E-state index in [4.69, 9.17) is 0 Å². The molecule has 112 valence electrons. The van der Waals surface area contributed by atoms with E-state index in [1.807, 2.05) is 18.2 Å². The van der Waals surface area contributed by atoms with Crippen molar-refractivity contribution in [2.24, 2.45) is 0 Å². The van der Waals surface area contributed by atoms with Crippen LogP contribution in [0, 0.1) is 0 Å². The largest absolute Gasteiger partial charge is 0.278 e. The molecule has 1 aliphatic carbocycles. The van der Waals surface area contributed by atoms with E-state index in [-0.39, 0.29) is 5.03 Å². The lowest BCUT2D eigenvalue weighted by Gasteiger charge is -2.14. The van der Waals surface area contributed by atoms with Crippen molar-refractivity contribution >= 4 is 27.5 Å². The second-order valence-corrected chi connectivity index (χ2v) is 8.04. The molecular formula is C14H17N3O2S2. The smallest absolute Gasteiger partial charge is 0.277 e. The quantitative estimate of drug-likeness (QED) is 0.886. The fourth-order valence-corrected chi connectivity index (χ4v) is 4.82. The third-order valence-corrected chi connectivity index (χ3v) is 6.20. The number of anilines is 1. The Morgan fingerprint density at radius 3 is 2.67 bits per heavy atom. The van der Waals surface area contributed by atoms with Gasteiger partial charge in [0.15, 0.2) is 5.03 Å². The molecule has 0 atom stereocenters. The lowest BCUT2D eigenvalue weighted by molar-refractivity contribution is 0.597. The maximum absolute atomic E-state index is 12.3. The van der Waals surface area contributed by atoms with Gasteiger partial charge in [-0.2, -0.15) is 13.5 Å². The van der Waals surface area contributed by atoms with Crippen LogP contribution >= 0.6 is 11.8 Å². The summed E-state index contributed by atoms with van der Waals surface area (Å²) in [5, 5.41) is 6.83. The molecule has 1 saturated carbocycles. The molecule has 0 unspecified atom stereocenters. The van der Waals surface area contributed by atoms with Crippen LogP contribution in [0.4, 0.5) is 5.69 Å². The summed E-state index contributed by atoms with van der Waals surface area (Å²) in [4.78, 5) is 0.979. The van der Waals surface area contributed by atoms with Gasteiger partial charge in [0.05, 0.1) is 11.9 Å². The minimum atomic E-state index is -3.61. The Morgan fingerprint density at radius 1 is 1.19 bits per heavy atom. The zero-order valence-electron chi connectivity index (χ0n) is 11.5. The Bertz CT molecular complexity index is 693. The monoisotopic (exact) mass is 323 g/mol. The van der Waals surface area contributed by atoms with Crippen molar-refractivity contribution in [2.45, 2.75) is 40.9 Å². The molecule has 0 bridgehead atoms. The molecule has 0 amide bonds. The van der Waals surface area contributed by atoms with Crippen LogP contribution in [-0.4, -0.2) is 23.9 Å². The number of nitrogens with zero attached hydrogens (tertiary/aromatic N) is 1. The summed E-state index contributed by atoms with van der Waals surface area (Å²) in [5.74, 6) is 0. The number of hydrogen-bond donors (Lipinski definition) is 2. The van der Waals surface area contributed by atoms with Gasteiger partial charge in [0, 0.05) is 10.1 Å². The molecular weight excluding hydrogens is 306 g/mol. The Morgan fingerprint density at radius 2 is 1.95 bits per heavy atom. The predicted molar refractivity (Wildman–Crippen MR) is 84.0 cm³/mol. The normalized spacial score (nSPS) is 16.2. The van der Waals surface area contributed by atoms with E-state index in [9.17, 15) is 8.42 Å². The van der Waals surface area contributed by atoms with Crippen molar-refractivity contribution in [3.8, 4) is 0 Å². The van der Waals surface area contributed by atoms with Gasteiger partial charge in [0.1, 0.15) is 0 Å². The van der Waals surface area contributed by atoms with Crippen LogP contribution in [0.3, 0.4) is 0 Å². The number of benzene rings is 1. The molecule has 0 aliphatic heterocycles. The van der Waals surface area contributed by atoms with Crippen molar-refractivity contribution in [3.63, 3.8) is 0 Å². The zero-order valence-corrected chi connectivity index (χ0v) is 13.1. The maximum Gasteiger partial charge on any atom is 0.278 e. The minimum absolute atomic E-state index is 0.0724. The van der Waals surface area contributed by atoms with Gasteiger partial charge >= 0.3 is 0 Å². The fraction of sp³-hybridized carbons (Fsp3) is 0.357. The number of para-hydroxylation sites is 1. The summed E-state index contributed by atoms with van der Waals surface area (Å²) in [6.07, 6.45) is 6.35. The molecule has 2 aromatic rings. The molecule has 5 nitrogen and oxygen atoms in total. The highest BCUT2D eigenvalue weighted by molar-refractivity contribution is 8.00. The van der Waals surface area contributed by atoms with Crippen molar-refractivity contribution in [1.82, 2.24) is 10.2 Å². The number of hydrogen-bond acceptors (Lipinski definition) is 4. The molecule has 0 spiro atoms. The third kappa shape index (κ3) is 3.41. The summed E-state index contributed by atoms with van der Waals surface area (Å²) in [6.45, 7) is 0. The minimum Gasteiger partial charge on any atom is -0.277 e. The lowest BCUT2D eigenvalue weighted by Crippen LogP contribution is -2.14. The first-order valence-corrected chi connectivity index (χ1v) is 9.29. The van der Waals surface area contributed by atoms with E-state index in [0.717, 1.165) is 4.90 Å². The predicted octanol–water partition coefficient (Wildman–Crippen LogP) is 3.25. The molecule has 1 aromatic heterocycles. The molecule has 0 saturated heterocycles. The van der Waals surface area contributed by atoms with Gasteiger partial charge in [-0.05, 0) is 31.0 Å². The SMILES string of the molecule is O=S(=O)(Nc1ccccc1SC1CCCC1)c1ccn[nH]1. The van der Waals surface area contributed by atoms with E-state index >= 15 is 0 Å². The maximum atomic E-state index is 12.3. The Labute approximate surface area is 128 Å². The highest BCUT2D eigenvalue weighted by Gasteiger charge is 2.20. The number of thioether (sulfide) groups is 1. The standard InChI is InChI=1S/C14H17N3O2S2/c18-21(19,14-9-10-15-16-14)17-12-7-3-4-8-13(12)20-11-5-1-2-6-11/h3-4,7-11,17H,1-2,5-6H2,(H,15,16). The van der Waals surface area contributed by atoms with E-state index in [1.165, 1.54) is 37.9 Å². The lowest BCUT2D eigenvalue weighted by atomic mass is 10.3. The van der Waals surface area contributed by atoms with Crippen LogP contribution < -0.4 is 4.72 Å². The molecule has 2 N–H and O–H groups in total. The summed E-state index contributed by atoms with van der Waals surface area (Å²) in [6, 6.07) is 8.98. The van der Waals surface area contributed by atoms with Gasteiger partial charge in [-0.1, -0.05) is 25.0 Å². The average molecular weight is 323 g/mol. The van der Waals surface area contributed by atoms with Crippen LogP contribution in [0.15, 0.2) is 46.5 Å². The van der Waals surface area contributed by atoms with E-state index < -0.39 is 10.0 Å². The highest BCUT2D eigenvalue weighted by Crippen LogP contribution is 2.38. The summed E-state index contributed by atoms with van der Waals surface area (Å²) < 4.78 is 27.2. The van der Waals surface area contributed by atoms with Crippen LogP contribution in [0.1, 0.15) is 25.7 Å². The second kappa shape index (κ2) is 6.11. The molecule has 1 aliphatic rings. The van der Waals surface area contributed by atoms with Crippen LogP contribution in [-0.2, 0) is 10.0 Å². The topological polar surface area (TPSA) is 74.8 Å². The van der Waals surface area contributed by atoms with Crippen molar-refractivity contribution < 1.29 is 8.42 Å². The van der Waals surface area contributed by atoms with Crippen LogP contribution in [0.5, 0.6) is 0 Å². The number of rotatable bonds is 5. The van der Waals surface area contributed by atoms with Crippen molar-refractivity contribution in [3.05, 3.63) is 36.5 Å². The molecule has 7 heteroatoms. The molecule has 3 rings (SSSR count). The summed E-state index contributed by atoms with van der Waals surface area (Å²) >= 11 is 1.76. The molecule has 21 heavy (non-hydrogen) atoms. The summed E-state index contributed by atoms with van der Waals surface area (Å²) in [7, 11) is -3.61. The van der Waals surface area contributed by atoms with Crippen molar-refractivity contribution in [1.29, 1.82) is 0 Å². The number of aromatic amines is 1. The Kier molecular flexibility index (Phi) is 4.21. The van der Waals surface area contributed by atoms with Crippen LogP contribution in [0.25, 0.3) is 0 Å². The first kappa shape index (κ1) is 14.5. The van der Waals surface area contributed by atoms with Gasteiger partial charge in [-0.25, -0.2) is 0 Å². The van der Waals surface area contributed by atoms with Crippen molar-refractivity contribution in [2.75, 3.05) is 4.72 Å². The fourth-order valence-electron chi connectivity index (χ4n) is 2.43. The van der Waals surface area contributed by atoms with Gasteiger partial charge in [-0.3, -0.25) is 9.82 Å². The molecule has 0 radical (unpaired) electrons. The van der Waals surface area contributed by atoms with Gasteiger partial charge in [-0.15, -0.1) is 11.8 Å². The van der Waals surface area contributed by atoms with Gasteiger partial charge < -0.3 is 0 Å². The van der Waals surface area contributed by atoms with Gasteiger partial charge in [0.25, 0.3) is 10.0 Å². The van der Waals surface area contributed by atoms with Gasteiger partial charge in [0.2, 0.25) is 0 Å². The molecule has 1 fully saturated rings. The van der Waals surface area contributed by atoms with E-state index in [1.54, 1.807) is 17.8 Å². The number of aromatic nitrogens is 2. The zero-order chi connectivity index (χ0) is 14.7. The highest BCUT2D eigenvalue weighted by atomic mass is 32.2. The summed E-state index contributed by atoms with van der Waals surface area (Å²) in [5.41, 5.74) is 0.629. The Hall–Kier alpha value is -1.47. The first-order chi connectivity index (χ1) is 10.1. The van der Waals surface area contributed by atoms with Crippen LogP contribution in [0.2, 0.25) is 0 Å². The Balaban J connectivity index is 1.82. The third-order valence-electron chi connectivity index (χ3n) is 3.49. The number of sulfonamides is 1. The van der Waals surface area contributed by atoms with E-state index in [0.29, 0.717) is 10.9 Å². The molecule has 1 aromatic carbocycles. The number of nitrogens with one attached hydrogen (secondary N) is 2.